The summed E-state index contributed by atoms with van der Waals surface area (Å²) in [5, 5.41) is 11.6. The van der Waals surface area contributed by atoms with Crippen molar-refractivity contribution in [2.75, 3.05) is 26.7 Å². The predicted molar refractivity (Wildman–Crippen MR) is 74.2 cm³/mol. The second-order valence-electron chi connectivity index (χ2n) is 4.98. The van der Waals surface area contributed by atoms with Gasteiger partial charge in [0.1, 0.15) is 0 Å². The zero-order valence-electron chi connectivity index (χ0n) is 12.0. The number of aromatic nitrogens is 2. The molecule has 1 aromatic heterocycles. The number of hydrogen-bond acceptors (Lipinski definition) is 4. The van der Waals surface area contributed by atoms with Gasteiger partial charge in [0.2, 0.25) is 0 Å². The van der Waals surface area contributed by atoms with Crippen LogP contribution >= 0.6 is 0 Å². The highest BCUT2D eigenvalue weighted by atomic mass is 16.5. The van der Waals surface area contributed by atoms with E-state index >= 15 is 0 Å². The second-order valence-corrected chi connectivity index (χ2v) is 4.98. The largest absolute Gasteiger partial charge is 0.476 e. The number of methoxy groups -OCH3 is 1. The standard InChI is InChI=1S/C13H20N4O4/c1-21-10-3-2-5-17(7-10)13(20)14-4-6-16-8-11(12(18)19)15-9-16/h8-10H,2-7H2,1H3,(H,14,20)(H,18,19). The number of carbonyl (C=O) groups is 2. The van der Waals surface area contributed by atoms with Gasteiger partial charge >= 0.3 is 12.0 Å². The average molecular weight is 296 g/mol. The van der Waals surface area contributed by atoms with Gasteiger partial charge < -0.3 is 24.6 Å². The van der Waals surface area contributed by atoms with E-state index in [0.29, 0.717) is 19.6 Å². The van der Waals surface area contributed by atoms with Gasteiger partial charge in [-0.25, -0.2) is 14.6 Å². The van der Waals surface area contributed by atoms with Gasteiger partial charge in [-0.2, -0.15) is 0 Å². The van der Waals surface area contributed by atoms with Crippen molar-refractivity contribution in [1.29, 1.82) is 0 Å². The molecule has 0 saturated carbocycles. The van der Waals surface area contributed by atoms with Crippen LogP contribution in [0.2, 0.25) is 0 Å². The molecule has 2 heterocycles. The number of nitrogens with zero attached hydrogens (tertiary/aromatic N) is 3. The summed E-state index contributed by atoms with van der Waals surface area (Å²) in [4.78, 5) is 28.2. The number of rotatable bonds is 5. The van der Waals surface area contributed by atoms with Crippen LogP contribution in [0, 0.1) is 0 Å². The summed E-state index contributed by atoms with van der Waals surface area (Å²) in [7, 11) is 1.66. The third kappa shape index (κ3) is 4.19. The van der Waals surface area contributed by atoms with E-state index in [-0.39, 0.29) is 17.8 Å². The lowest BCUT2D eigenvalue weighted by Crippen LogP contribution is -2.48. The van der Waals surface area contributed by atoms with Crippen LogP contribution < -0.4 is 5.32 Å². The van der Waals surface area contributed by atoms with E-state index in [1.165, 1.54) is 12.5 Å². The van der Waals surface area contributed by atoms with Crippen LogP contribution in [0.25, 0.3) is 0 Å². The van der Waals surface area contributed by atoms with E-state index in [9.17, 15) is 9.59 Å². The number of imidazole rings is 1. The Kier molecular flexibility index (Phi) is 5.15. The third-order valence-corrected chi connectivity index (χ3v) is 3.50. The van der Waals surface area contributed by atoms with Gasteiger partial charge in [-0.05, 0) is 12.8 Å². The van der Waals surface area contributed by atoms with E-state index in [1.807, 2.05) is 0 Å². The van der Waals surface area contributed by atoms with Crippen LogP contribution in [0.3, 0.4) is 0 Å². The molecule has 8 nitrogen and oxygen atoms in total. The topological polar surface area (TPSA) is 96.7 Å². The van der Waals surface area contributed by atoms with Gasteiger partial charge in [-0.3, -0.25) is 0 Å². The van der Waals surface area contributed by atoms with Crippen molar-refractivity contribution in [2.45, 2.75) is 25.5 Å². The summed E-state index contributed by atoms with van der Waals surface area (Å²) >= 11 is 0. The molecule has 8 heteroatoms. The summed E-state index contributed by atoms with van der Waals surface area (Å²) in [5.41, 5.74) is 0.000272. The number of amides is 2. The Bertz CT molecular complexity index is 502. The number of piperidine rings is 1. The molecule has 0 spiro atoms. The molecule has 0 bridgehead atoms. The summed E-state index contributed by atoms with van der Waals surface area (Å²) < 4.78 is 6.92. The first-order valence-electron chi connectivity index (χ1n) is 6.91. The first-order valence-corrected chi connectivity index (χ1v) is 6.91. The van der Waals surface area contributed by atoms with Crippen LogP contribution in [0.15, 0.2) is 12.5 Å². The minimum Gasteiger partial charge on any atom is -0.476 e. The fraction of sp³-hybridized carbons (Fsp3) is 0.615. The smallest absolute Gasteiger partial charge is 0.356 e. The van der Waals surface area contributed by atoms with Crippen LogP contribution in [0.4, 0.5) is 4.79 Å². The maximum atomic E-state index is 12.0. The zero-order valence-corrected chi connectivity index (χ0v) is 12.0. The van der Waals surface area contributed by atoms with Gasteiger partial charge in [-0.1, -0.05) is 0 Å². The van der Waals surface area contributed by atoms with Gasteiger partial charge in [-0.15, -0.1) is 0 Å². The fourth-order valence-electron chi connectivity index (χ4n) is 2.31. The third-order valence-electron chi connectivity index (χ3n) is 3.50. The highest BCUT2D eigenvalue weighted by molar-refractivity contribution is 5.84. The summed E-state index contributed by atoms with van der Waals surface area (Å²) in [5.74, 6) is -1.06. The predicted octanol–water partition coefficient (Wildman–Crippen LogP) is 0.402. The molecule has 1 aliphatic heterocycles. The molecule has 0 aromatic carbocycles. The van der Waals surface area contributed by atoms with Crippen molar-refractivity contribution < 1.29 is 19.4 Å². The molecule has 21 heavy (non-hydrogen) atoms. The lowest BCUT2D eigenvalue weighted by Gasteiger charge is -2.31. The van der Waals surface area contributed by atoms with Crippen molar-refractivity contribution in [2.24, 2.45) is 0 Å². The molecule has 1 atom stereocenters. The van der Waals surface area contributed by atoms with Gasteiger partial charge in [0.15, 0.2) is 5.69 Å². The number of likely N-dealkylation sites (tertiary alicyclic amines) is 1. The Balaban J connectivity index is 1.74. The van der Waals surface area contributed by atoms with E-state index in [0.717, 1.165) is 19.4 Å². The molecule has 1 unspecified atom stereocenters. The van der Waals surface area contributed by atoms with Crippen molar-refractivity contribution in [1.82, 2.24) is 19.8 Å². The SMILES string of the molecule is COC1CCCN(C(=O)NCCn2cnc(C(=O)O)c2)C1. The van der Waals surface area contributed by atoms with Crippen LogP contribution in [0.5, 0.6) is 0 Å². The minimum absolute atomic E-state index is 0.000272. The first-order chi connectivity index (χ1) is 10.1. The highest BCUT2D eigenvalue weighted by Gasteiger charge is 2.22. The maximum Gasteiger partial charge on any atom is 0.356 e. The Morgan fingerprint density at radius 2 is 2.38 bits per heavy atom. The molecule has 0 radical (unpaired) electrons. The lowest BCUT2D eigenvalue weighted by molar-refractivity contribution is 0.0435. The molecule has 0 aliphatic carbocycles. The Morgan fingerprint density at radius 1 is 1.57 bits per heavy atom. The number of carboxylic acids is 1. The lowest BCUT2D eigenvalue weighted by atomic mass is 10.1. The monoisotopic (exact) mass is 296 g/mol. The molecule has 1 aromatic rings. The molecule has 2 amide bonds. The van der Waals surface area contributed by atoms with Crippen molar-refractivity contribution >= 4 is 12.0 Å². The highest BCUT2D eigenvalue weighted by Crippen LogP contribution is 2.12. The van der Waals surface area contributed by atoms with E-state index in [2.05, 4.69) is 10.3 Å². The summed E-state index contributed by atoms with van der Waals surface area (Å²) in [6.07, 6.45) is 4.91. The minimum atomic E-state index is -1.06. The zero-order chi connectivity index (χ0) is 15.2. The van der Waals surface area contributed by atoms with Gasteiger partial charge in [0, 0.05) is 39.5 Å². The van der Waals surface area contributed by atoms with E-state index < -0.39 is 5.97 Å². The summed E-state index contributed by atoms with van der Waals surface area (Å²) in [6, 6.07) is -0.115. The number of hydrogen-bond donors (Lipinski definition) is 2. The van der Waals surface area contributed by atoms with Crippen molar-refractivity contribution in [3.05, 3.63) is 18.2 Å². The Labute approximate surface area is 122 Å². The van der Waals surface area contributed by atoms with E-state index in [4.69, 9.17) is 9.84 Å². The second kappa shape index (κ2) is 7.07. The van der Waals surface area contributed by atoms with Crippen LogP contribution in [-0.4, -0.2) is 64.4 Å². The molecule has 2 rings (SSSR count). The number of carboxylic acid groups (broad SMARTS) is 1. The van der Waals surface area contributed by atoms with Crippen LogP contribution in [-0.2, 0) is 11.3 Å². The molecule has 1 fully saturated rings. The maximum absolute atomic E-state index is 12.0. The average Bonchev–Trinajstić information content (AvgIpc) is 2.96. The molecule has 116 valence electrons. The molecule has 2 N–H and O–H groups in total. The fourth-order valence-corrected chi connectivity index (χ4v) is 2.31. The summed E-state index contributed by atoms with van der Waals surface area (Å²) in [6.45, 7) is 2.24. The number of urea groups is 1. The number of nitrogens with one attached hydrogen (secondary N) is 1. The molecule has 1 aliphatic rings. The Morgan fingerprint density at radius 3 is 3.05 bits per heavy atom. The van der Waals surface area contributed by atoms with Crippen LogP contribution in [0.1, 0.15) is 23.3 Å². The number of ether oxygens (including phenoxy) is 1. The Hall–Kier alpha value is -2.09. The van der Waals surface area contributed by atoms with Gasteiger partial charge in [0.25, 0.3) is 0 Å². The normalized spacial score (nSPS) is 18.5. The molecular weight excluding hydrogens is 276 g/mol. The van der Waals surface area contributed by atoms with Crippen molar-refractivity contribution in [3.63, 3.8) is 0 Å². The first kappa shape index (κ1) is 15.3. The van der Waals surface area contributed by atoms with Gasteiger partial charge in [0.05, 0.1) is 12.4 Å². The molecule has 1 saturated heterocycles. The van der Waals surface area contributed by atoms with Crippen molar-refractivity contribution in [3.8, 4) is 0 Å². The molecular formula is C13H20N4O4. The number of aromatic carboxylic acids is 1. The quantitative estimate of drug-likeness (QED) is 0.820. The number of carbonyl (C=O) groups excluding carboxylic acids is 1. The van der Waals surface area contributed by atoms with E-state index in [1.54, 1.807) is 16.6 Å².